The molecule has 0 spiro atoms. The second-order valence-electron chi connectivity index (χ2n) is 5.76. The number of piperidine rings is 1. The summed E-state index contributed by atoms with van der Waals surface area (Å²) in [6, 6.07) is 4.33. The van der Waals surface area contributed by atoms with Gasteiger partial charge in [0.15, 0.2) is 0 Å². The zero-order valence-electron chi connectivity index (χ0n) is 11.6. The molecule has 3 rings (SSSR count). The predicted octanol–water partition coefficient (Wildman–Crippen LogP) is 1.52. The van der Waals surface area contributed by atoms with Gasteiger partial charge in [0, 0.05) is 24.8 Å². The molecule has 0 aromatic carbocycles. The maximum absolute atomic E-state index is 12.6. The van der Waals surface area contributed by atoms with E-state index in [-0.39, 0.29) is 5.91 Å². The van der Waals surface area contributed by atoms with Crippen molar-refractivity contribution in [2.75, 3.05) is 19.6 Å². The van der Waals surface area contributed by atoms with E-state index in [0.717, 1.165) is 36.6 Å². The number of pyridine rings is 1. The van der Waals surface area contributed by atoms with Gasteiger partial charge in [-0.2, -0.15) is 0 Å². The Labute approximate surface area is 114 Å². The molecule has 2 aliphatic rings. The number of hydrogen-bond acceptors (Lipinski definition) is 3. The van der Waals surface area contributed by atoms with Gasteiger partial charge < -0.3 is 10.2 Å². The van der Waals surface area contributed by atoms with E-state index >= 15 is 0 Å². The Morgan fingerprint density at radius 3 is 2.95 bits per heavy atom. The molecule has 4 nitrogen and oxygen atoms in total. The smallest absolute Gasteiger partial charge is 0.255 e. The highest BCUT2D eigenvalue weighted by Gasteiger charge is 2.36. The van der Waals surface area contributed by atoms with Crippen LogP contribution in [0.2, 0.25) is 0 Å². The summed E-state index contributed by atoms with van der Waals surface area (Å²) in [5, 5.41) is 3.53. The SMILES string of the molecule is Cc1ccc(C(=O)N2C[C@@H]3CCCN[C@@H]3C2)c(C)n1. The molecule has 1 N–H and O–H groups in total. The van der Waals surface area contributed by atoms with Gasteiger partial charge in [0.1, 0.15) is 0 Å². The van der Waals surface area contributed by atoms with E-state index in [4.69, 9.17) is 0 Å². The van der Waals surface area contributed by atoms with Crippen molar-refractivity contribution in [3.63, 3.8) is 0 Å². The average molecular weight is 259 g/mol. The van der Waals surface area contributed by atoms with Crippen molar-refractivity contribution in [1.82, 2.24) is 15.2 Å². The summed E-state index contributed by atoms with van der Waals surface area (Å²) in [4.78, 5) is 19.0. The summed E-state index contributed by atoms with van der Waals surface area (Å²) in [6.07, 6.45) is 2.47. The van der Waals surface area contributed by atoms with Crippen LogP contribution in [0.15, 0.2) is 12.1 Å². The Balaban J connectivity index is 1.77. The number of carbonyl (C=O) groups excluding carboxylic acids is 1. The van der Waals surface area contributed by atoms with Gasteiger partial charge in [0.2, 0.25) is 0 Å². The van der Waals surface area contributed by atoms with Crippen molar-refractivity contribution in [2.24, 2.45) is 5.92 Å². The largest absolute Gasteiger partial charge is 0.337 e. The first-order chi connectivity index (χ1) is 9.15. The molecule has 1 aromatic rings. The number of fused-ring (bicyclic) bond motifs is 1. The summed E-state index contributed by atoms with van der Waals surface area (Å²) >= 11 is 0. The fraction of sp³-hybridized carbons (Fsp3) is 0.600. The van der Waals surface area contributed by atoms with Crippen molar-refractivity contribution in [1.29, 1.82) is 0 Å². The van der Waals surface area contributed by atoms with Gasteiger partial charge in [-0.25, -0.2) is 0 Å². The van der Waals surface area contributed by atoms with E-state index in [0.29, 0.717) is 12.0 Å². The minimum absolute atomic E-state index is 0.140. The van der Waals surface area contributed by atoms with Crippen molar-refractivity contribution < 1.29 is 4.79 Å². The fourth-order valence-electron chi connectivity index (χ4n) is 3.30. The molecule has 19 heavy (non-hydrogen) atoms. The minimum Gasteiger partial charge on any atom is -0.337 e. The van der Waals surface area contributed by atoms with Crippen LogP contribution in [0.5, 0.6) is 0 Å². The standard InChI is InChI=1S/C15H21N3O/c1-10-5-6-13(11(2)17-10)15(19)18-8-12-4-3-7-16-14(12)9-18/h5-6,12,14,16H,3-4,7-9H2,1-2H3/t12-,14+/m0/s1. The lowest BCUT2D eigenvalue weighted by Gasteiger charge is -2.24. The third-order valence-corrected chi connectivity index (χ3v) is 4.34. The Bertz CT molecular complexity index is 486. The van der Waals surface area contributed by atoms with Crippen LogP contribution in [-0.2, 0) is 0 Å². The summed E-state index contributed by atoms with van der Waals surface area (Å²) in [5.74, 6) is 0.776. The number of carbonyl (C=O) groups is 1. The van der Waals surface area contributed by atoms with E-state index < -0.39 is 0 Å². The number of amides is 1. The molecule has 1 aromatic heterocycles. The highest BCUT2D eigenvalue weighted by molar-refractivity contribution is 5.95. The zero-order valence-corrected chi connectivity index (χ0v) is 11.6. The lowest BCUT2D eigenvalue weighted by Crippen LogP contribution is -2.41. The number of aromatic nitrogens is 1. The van der Waals surface area contributed by atoms with Gasteiger partial charge >= 0.3 is 0 Å². The molecule has 2 fully saturated rings. The summed E-state index contributed by atoms with van der Waals surface area (Å²) < 4.78 is 0. The topological polar surface area (TPSA) is 45.2 Å². The number of rotatable bonds is 1. The first-order valence-electron chi connectivity index (χ1n) is 7.12. The highest BCUT2D eigenvalue weighted by Crippen LogP contribution is 2.26. The third-order valence-electron chi connectivity index (χ3n) is 4.34. The fourth-order valence-corrected chi connectivity index (χ4v) is 3.30. The van der Waals surface area contributed by atoms with Crippen molar-refractivity contribution >= 4 is 5.91 Å². The molecule has 2 saturated heterocycles. The number of likely N-dealkylation sites (tertiary alicyclic amines) is 1. The predicted molar refractivity (Wildman–Crippen MR) is 74.1 cm³/mol. The molecule has 102 valence electrons. The molecule has 4 heteroatoms. The van der Waals surface area contributed by atoms with Crippen LogP contribution in [0, 0.1) is 19.8 Å². The molecule has 0 saturated carbocycles. The Kier molecular flexibility index (Phi) is 3.27. The van der Waals surface area contributed by atoms with Crippen LogP contribution in [-0.4, -0.2) is 41.5 Å². The minimum atomic E-state index is 0.140. The Hall–Kier alpha value is -1.42. The van der Waals surface area contributed by atoms with Gasteiger partial charge in [0.05, 0.1) is 11.3 Å². The molecule has 0 unspecified atom stereocenters. The number of hydrogen-bond donors (Lipinski definition) is 1. The van der Waals surface area contributed by atoms with Crippen LogP contribution >= 0.6 is 0 Å². The van der Waals surface area contributed by atoms with Crippen LogP contribution < -0.4 is 5.32 Å². The van der Waals surface area contributed by atoms with Crippen molar-refractivity contribution in [3.05, 3.63) is 29.1 Å². The van der Waals surface area contributed by atoms with Gasteiger partial charge in [-0.15, -0.1) is 0 Å². The highest BCUT2D eigenvalue weighted by atomic mass is 16.2. The van der Waals surface area contributed by atoms with Gasteiger partial charge in [0.25, 0.3) is 5.91 Å². The summed E-state index contributed by atoms with van der Waals surface area (Å²) in [6.45, 7) is 6.70. The zero-order chi connectivity index (χ0) is 13.4. The third kappa shape index (κ3) is 2.37. The van der Waals surface area contributed by atoms with E-state index in [9.17, 15) is 4.79 Å². The molecule has 0 radical (unpaired) electrons. The van der Waals surface area contributed by atoms with E-state index in [1.165, 1.54) is 12.8 Å². The van der Waals surface area contributed by atoms with E-state index in [2.05, 4.69) is 10.3 Å². The van der Waals surface area contributed by atoms with E-state index in [1.807, 2.05) is 30.9 Å². The van der Waals surface area contributed by atoms with Crippen LogP contribution in [0.25, 0.3) is 0 Å². The monoisotopic (exact) mass is 259 g/mol. The maximum Gasteiger partial charge on any atom is 0.255 e. The normalized spacial score (nSPS) is 26.3. The molecule has 0 aliphatic carbocycles. The Morgan fingerprint density at radius 2 is 2.21 bits per heavy atom. The second-order valence-corrected chi connectivity index (χ2v) is 5.76. The molecular formula is C15H21N3O. The second kappa shape index (κ2) is 4.93. The van der Waals surface area contributed by atoms with Gasteiger partial charge in [-0.1, -0.05) is 0 Å². The Morgan fingerprint density at radius 1 is 1.37 bits per heavy atom. The van der Waals surface area contributed by atoms with E-state index in [1.54, 1.807) is 0 Å². The molecular weight excluding hydrogens is 238 g/mol. The molecule has 0 bridgehead atoms. The summed E-state index contributed by atoms with van der Waals surface area (Å²) in [5.41, 5.74) is 2.56. The molecule has 3 heterocycles. The molecule has 1 amide bonds. The lowest BCUT2D eigenvalue weighted by atomic mass is 9.94. The van der Waals surface area contributed by atoms with Crippen molar-refractivity contribution in [2.45, 2.75) is 32.7 Å². The molecule has 2 aliphatic heterocycles. The average Bonchev–Trinajstić information content (AvgIpc) is 2.81. The summed E-state index contributed by atoms with van der Waals surface area (Å²) in [7, 11) is 0. The van der Waals surface area contributed by atoms with Crippen LogP contribution in [0.1, 0.15) is 34.6 Å². The number of aryl methyl sites for hydroxylation is 2. The number of nitrogens with one attached hydrogen (secondary N) is 1. The van der Waals surface area contributed by atoms with Crippen molar-refractivity contribution in [3.8, 4) is 0 Å². The van der Waals surface area contributed by atoms with Crippen LogP contribution in [0.4, 0.5) is 0 Å². The van der Waals surface area contributed by atoms with Gasteiger partial charge in [-0.05, 0) is 51.3 Å². The van der Waals surface area contributed by atoms with Crippen LogP contribution in [0.3, 0.4) is 0 Å². The maximum atomic E-state index is 12.6. The first-order valence-corrected chi connectivity index (χ1v) is 7.12. The lowest BCUT2D eigenvalue weighted by molar-refractivity contribution is 0.0784. The first kappa shape index (κ1) is 12.6. The van der Waals surface area contributed by atoms with Gasteiger partial charge in [-0.3, -0.25) is 9.78 Å². The number of nitrogens with zero attached hydrogens (tertiary/aromatic N) is 2. The molecule has 2 atom stereocenters. The quantitative estimate of drug-likeness (QED) is 0.831.